The van der Waals surface area contributed by atoms with Crippen LogP contribution >= 0.6 is 0 Å². The molecule has 3 saturated heterocycles. The molecule has 1 unspecified atom stereocenters. The Morgan fingerprint density at radius 3 is 2.42 bits per heavy atom. The van der Waals surface area contributed by atoms with Gasteiger partial charge in [-0.25, -0.2) is 4.79 Å². The summed E-state index contributed by atoms with van der Waals surface area (Å²) in [5.74, 6) is -5.41. The summed E-state index contributed by atoms with van der Waals surface area (Å²) in [4.78, 5) is 24.8. The number of carboxylic acid groups (broad SMARTS) is 1. The van der Waals surface area contributed by atoms with Crippen molar-refractivity contribution in [2.45, 2.75) is 144 Å². The number of carbonyl (C=O) groups excluding carboxylic acids is 1. The molecule has 0 radical (unpaired) electrons. The van der Waals surface area contributed by atoms with Crippen LogP contribution in [0.25, 0.3) is 0 Å². The number of carboxylic acids is 1. The Kier molecular flexibility index (Phi) is 14.9. The van der Waals surface area contributed by atoms with Crippen molar-refractivity contribution in [2.24, 2.45) is 11.7 Å². The molecule has 3 fully saturated rings. The summed E-state index contributed by atoms with van der Waals surface area (Å²) in [5, 5.41) is 64.2. The zero-order chi connectivity index (χ0) is 36.4. The summed E-state index contributed by atoms with van der Waals surface area (Å²) < 4.78 is 29.0. The number of aliphatic hydroxyl groups excluding tert-OH is 4. The first-order chi connectivity index (χ1) is 23.8. The number of nitrogens with two attached hydrogens (primary N) is 1. The van der Waals surface area contributed by atoms with Gasteiger partial charge in [-0.1, -0.05) is 68.4 Å². The van der Waals surface area contributed by atoms with Crippen molar-refractivity contribution in [2.75, 3.05) is 0 Å². The molecule has 0 spiro atoms. The highest BCUT2D eigenvalue weighted by Crippen LogP contribution is 2.39. The van der Waals surface area contributed by atoms with Gasteiger partial charge in [-0.15, -0.1) is 0 Å². The fourth-order valence-electron chi connectivity index (χ4n) is 6.54. The summed E-state index contributed by atoms with van der Waals surface area (Å²) >= 11 is 0. The molecular formula is C36H53NO13. The van der Waals surface area contributed by atoms with E-state index >= 15 is 0 Å². The maximum Gasteiger partial charge on any atom is 0.330 e. The van der Waals surface area contributed by atoms with E-state index in [2.05, 4.69) is 6.92 Å². The lowest BCUT2D eigenvalue weighted by Gasteiger charge is -2.45. The number of fused-ring (bicyclic) bond motifs is 3. The van der Waals surface area contributed by atoms with Crippen molar-refractivity contribution in [3.63, 3.8) is 0 Å². The Labute approximate surface area is 292 Å². The number of ether oxygens (including phenoxy) is 5. The lowest BCUT2D eigenvalue weighted by molar-refractivity contribution is -0.308. The third-order valence-corrected chi connectivity index (χ3v) is 9.35. The third-order valence-electron chi connectivity index (χ3n) is 9.35. The Hall–Kier alpha value is -2.76. The molecule has 0 amide bonds. The van der Waals surface area contributed by atoms with E-state index in [9.17, 15) is 40.2 Å². The van der Waals surface area contributed by atoms with Crippen LogP contribution in [0.1, 0.15) is 65.2 Å². The molecule has 14 nitrogen and oxygen atoms in total. The molecule has 0 saturated carbocycles. The van der Waals surface area contributed by atoms with Gasteiger partial charge in [-0.3, -0.25) is 4.79 Å². The van der Waals surface area contributed by atoms with Crippen LogP contribution in [0, 0.1) is 5.92 Å². The highest BCUT2D eigenvalue weighted by molar-refractivity contribution is 5.82. The van der Waals surface area contributed by atoms with Crippen molar-refractivity contribution in [3.05, 3.63) is 60.8 Å². The molecule has 4 rings (SSSR count). The maximum atomic E-state index is 12.5. The van der Waals surface area contributed by atoms with E-state index in [-0.39, 0.29) is 25.4 Å². The molecule has 4 aliphatic heterocycles. The number of hydrogen-bond acceptors (Lipinski definition) is 13. The Bertz CT molecular complexity index is 1270. The smallest absolute Gasteiger partial charge is 0.330 e. The average molecular weight is 708 g/mol. The average Bonchev–Trinajstić information content (AvgIpc) is 3.78. The number of aliphatic carboxylic acids is 1. The SMILES string of the molecule is CCCCC1C\C=C/C=C/C=C/C=C/[C@H](O[C@@H]2O[C@H](C)[C@@H](O)[C@H](N)[C@@H]2O)C[C@@H]2O[C@](O)(C[C@@H](O)C[C@@H]3O[C@@H]3/C=C\C(=O)O1)C[C@H](O)[C@H]2C(=O)O. The van der Waals surface area contributed by atoms with E-state index < -0.39 is 97.3 Å². The van der Waals surface area contributed by atoms with Gasteiger partial charge in [0.05, 0.1) is 48.8 Å². The fourth-order valence-corrected chi connectivity index (χ4v) is 6.54. The summed E-state index contributed by atoms with van der Waals surface area (Å²) in [6.45, 7) is 3.64. The van der Waals surface area contributed by atoms with Crippen LogP contribution in [0.15, 0.2) is 60.8 Å². The molecule has 8 N–H and O–H groups in total. The Balaban J connectivity index is 1.58. The molecule has 4 aliphatic rings. The second-order valence-electron chi connectivity index (χ2n) is 13.5. The van der Waals surface area contributed by atoms with E-state index in [1.54, 1.807) is 43.4 Å². The predicted molar refractivity (Wildman–Crippen MR) is 179 cm³/mol. The monoisotopic (exact) mass is 707 g/mol. The molecule has 0 aliphatic carbocycles. The second-order valence-corrected chi connectivity index (χ2v) is 13.5. The van der Waals surface area contributed by atoms with Crippen LogP contribution < -0.4 is 5.73 Å². The summed E-state index contributed by atoms with van der Waals surface area (Å²) in [6.07, 6.45) is 8.24. The summed E-state index contributed by atoms with van der Waals surface area (Å²) in [7, 11) is 0. The van der Waals surface area contributed by atoms with Crippen molar-refractivity contribution < 1.29 is 63.9 Å². The van der Waals surface area contributed by atoms with Crippen LogP contribution in [0.4, 0.5) is 0 Å². The summed E-state index contributed by atoms with van der Waals surface area (Å²) in [5.41, 5.74) is 6.00. The molecule has 4 heterocycles. The second kappa shape index (κ2) is 18.6. The number of unbranched alkanes of at least 4 members (excludes halogenated alkanes) is 1. The van der Waals surface area contributed by atoms with Crippen LogP contribution in [0.5, 0.6) is 0 Å². The first-order valence-corrected chi connectivity index (χ1v) is 17.4. The highest BCUT2D eigenvalue weighted by Gasteiger charge is 2.51. The Morgan fingerprint density at radius 2 is 1.70 bits per heavy atom. The minimum absolute atomic E-state index is 0.0816. The van der Waals surface area contributed by atoms with E-state index in [1.807, 2.05) is 18.2 Å². The highest BCUT2D eigenvalue weighted by atomic mass is 16.7. The van der Waals surface area contributed by atoms with Gasteiger partial charge in [0.2, 0.25) is 0 Å². The van der Waals surface area contributed by atoms with Gasteiger partial charge in [0.1, 0.15) is 24.2 Å². The normalized spacial score (nSPS) is 45.1. The number of carbonyl (C=O) groups is 2. The fraction of sp³-hybridized carbons (Fsp3) is 0.667. The first-order valence-electron chi connectivity index (χ1n) is 17.4. The number of esters is 1. The standard InChI is InChI=1S/C36H53NO13/c1-3-4-12-23-13-10-8-6-5-7-9-11-14-24(48-35-33(42)31(37)32(41)21(2)46-35)18-28-30(34(43)44)25(39)20-36(45,50-28)19-22(38)17-27-26(49-27)15-16-29(40)47-23/h5-11,14-16,21-28,30-33,35,38-39,41-42,45H,3-4,12-13,17-20,37H2,1-2H3,(H,43,44)/b6-5+,9-7+,10-8-,14-11+,16-15-/t21-,22+,23?,24+,25+,26-,27+,28+,30-,31+,32-,33+,35+,36-/m1/s1. The van der Waals surface area contributed by atoms with Gasteiger partial charge in [0.15, 0.2) is 12.1 Å². The van der Waals surface area contributed by atoms with Gasteiger partial charge in [-0.2, -0.15) is 0 Å². The van der Waals surface area contributed by atoms with Crippen LogP contribution in [0.3, 0.4) is 0 Å². The molecule has 0 aromatic rings. The van der Waals surface area contributed by atoms with E-state index in [4.69, 9.17) is 29.4 Å². The number of cyclic esters (lactones) is 1. The van der Waals surface area contributed by atoms with Crippen molar-refractivity contribution >= 4 is 11.9 Å². The molecule has 2 bridgehead atoms. The number of allylic oxidation sites excluding steroid dienone is 6. The lowest BCUT2D eigenvalue weighted by Crippen LogP contribution is -2.61. The minimum Gasteiger partial charge on any atom is -0.481 e. The van der Waals surface area contributed by atoms with Gasteiger partial charge >= 0.3 is 11.9 Å². The van der Waals surface area contributed by atoms with Crippen LogP contribution in [0.2, 0.25) is 0 Å². The van der Waals surface area contributed by atoms with E-state index in [1.165, 1.54) is 6.08 Å². The van der Waals surface area contributed by atoms with Crippen molar-refractivity contribution in [1.29, 1.82) is 0 Å². The zero-order valence-electron chi connectivity index (χ0n) is 28.6. The maximum absolute atomic E-state index is 12.5. The zero-order valence-corrected chi connectivity index (χ0v) is 28.6. The molecule has 50 heavy (non-hydrogen) atoms. The topological polar surface area (TPSA) is 231 Å². The summed E-state index contributed by atoms with van der Waals surface area (Å²) in [6, 6.07) is -1.08. The van der Waals surface area contributed by atoms with Gasteiger partial charge in [0.25, 0.3) is 0 Å². The number of aliphatic hydroxyl groups is 5. The Morgan fingerprint density at radius 1 is 0.980 bits per heavy atom. The van der Waals surface area contributed by atoms with Crippen molar-refractivity contribution in [1.82, 2.24) is 0 Å². The number of rotatable bonds is 6. The van der Waals surface area contributed by atoms with Crippen LogP contribution in [-0.4, -0.2) is 122 Å². The minimum atomic E-state index is -2.10. The molecule has 280 valence electrons. The first kappa shape index (κ1) is 40.0. The molecular weight excluding hydrogens is 654 g/mol. The predicted octanol–water partition coefficient (Wildman–Crippen LogP) is 1.29. The van der Waals surface area contributed by atoms with Gasteiger partial charge < -0.3 is 60.1 Å². The molecule has 14 heteroatoms. The van der Waals surface area contributed by atoms with Gasteiger partial charge in [0, 0.05) is 38.2 Å². The third kappa shape index (κ3) is 11.6. The lowest BCUT2D eigenvalue weighted by atomic mass is 9.83. The molecule has 0 aromatic carbocycles. The van der Waals surface area contributed by atoms with E-state index in [0.717, 1.165) is 19.3 Å². The number of hydrogen-bond donors (Lipinski definition) is 7. The van der Waals surface area contributed by atoms with Crippen LogP contribution in [-0.2, 0) is 33.3 Å². The van der Waals surface area contributed by atoms with Gasteiger partial charge in [-0.05, 0) is 19.4 Å². The van der Waals surface area contributed by atoms with E-state index in [0.29, 0.717) is 6.42 Å². The molecule has 14 atom stereocenters. The quantitative estimate of drug-likeness (QED) is 0.152. The largest absolute Gasteiger partial charge is 0.481 e. The number of epoxide rings is 1. The van der Waals surface area contributed by atoms with Crippen molar-refractivity contribution in [3.8, 4) is 0 Å². The molecule has 0 aromatic heterocycles.